The average Bonchev–Trinajstić information content (AvgIpc) is 2.62. The number of aromatic nitrogens is 2. The summed E-state index contributed by atoms with van der Waals surface area (Å²) >= 11 is 0. The summed E-state index contributed by atoms with van der Waals surface area (Å²) in [5, 5.41) is 3.97. The summed E-state index contributed by atoms with van der Waals surface area (Å²) in [5.41, 5.74) is 6.15. The van der Waals surface area contributed by atoms with Gasteiger partial charge in [-0.05, 0) is 18.2 Å². The van der Waals surface area contributed by atoms with Crippen molar-refractivity contribution in [3.8, 4) is 5.69 Å². The maximum atomic E-state index is 13.0. The Balaban J connectivity index is 0.000000980. The number of rotatable bonds is 1. The Bertz CT molecular complexity index is 414. The standard InChI is InChI=1S/C9H8FN3.ClH/c10-8-6-7(2-3-9(8)11)13-5-1-4-12-13;/h1-6H,11H2;1H. The smallest absolute Gasteiger partial charge is 0.148 e. The lowest BCUT2D eigenvalue weighted by Crippen LogP contribution is -1.97. The van der Waals surface area contributed by atoms with E-state index in [1.165, 1.54) is 12.1 Å². The van der Waals surface area contributed by atoms with Gasteiger partial charge in [0, 0.05) is 18.5 Å². The molecule has 74 valence electrons. The van der Waals surface area contributed by atoms with Gasteiger partial charge in [0.15, 0.2) is 0 Å². The first kappa shape index (κ1) is 10.5. The van der Waals surface area contributed by atoms with Crippen molar-refractivity contribution in [3.63, 3.8) is 0 Å². The summed E-state index contributed by atoms with van der Waals surface area (Å²) in [5.74, 6) is -0.423. The lowest BCUT2D eigenvalue weighted by Gasteiger charge is -2.02. The maximum absolute atomic E-state index is 13.0. The van der Waals surface area contributed by atoms with Crippen LogP contribution in [0.4, 0.5) is 10.1 Å². The average molecular weight is 214 g/mol. The molecule has 2 aromatic rings. The maximum Gasteiger partial charge on any atom is 0.148 e. The molecule has 1 aromatic heterocycles. The van der Waals surface area contributed by atoms with Gasteiger partial charge in [0.25, 0.3) is 0 Å². The van der Waals surface area contributed by atoms with Crippen LogP contribution in [0.5, 0.6) is 0 Å². The Morgan fingerprint density at radius 3 is 2.71 bits per heavy atom. The van der Waals surface area contributed by atoms with Crippen molar-refractivity contribution in [2.24, 2.45) is 0 Å². The number of nitrogens with two attached hydrogens (primary N) is 1. The normalized spacial score (nSPS) is 9.50. The molecule has 1 aromatic carbocycles. The van der Waals surface area contributed by atoms with E-state index < -0.39 is 5.82 Å². The molecule has 0 spiro atoms. The summed E-state index contributed by atoms with van der Waals surface area (Å²) in [7, 11) is 0. The van der Waals surface area contributed by atoms with Crippen LogP contribution in [0.2, 0.25) is 0 Å². The minimum atomic E-state index is -0.423. The fraction of sp³-hybridized carbons (Fsp3) is 0. The van der Waals surface area contributed by atoms with Crippen LogP contribution in [0, 0.1) is 5.82 Å². The van der Waals surface area contributed by atoms with E-state index in [9.17, 15) is 4.39 Å². The van der Waals surface area contributed by atoms with Crippen LogP contribution in [0.3, 0.4) is 0 Å². The number of halogens is 2. The fourth-order valence-corrected chi connectivity index (χ4v) is 1.08. The highest BCUT2D eigenvalue weighted by Crippen LogP contribution is 2.14. The Labute approximate surface area is 86.8 Å². The van der Waals surface area contributed by atoms with Crippen LogP contribution in [0.25, 0.3) is 5.69 Å². The van der Waals surface area contributed by atoms with E-state index in [-0.39, 0.29) is 18.1 Å². The van der Waals surface area contributed by atoms with Crippen molar-refractivity contribution >= 4 is 18.1 Å². The Morgan fingerprint density at radius 1 is 1.36 bits per heavy atom. The highest BCUT2D eigenvalue weighted by molar-refractivity contribution is 5.85. The highest BCUT2D eigenvalue weighted by Gasteiger charge is 2.00. The molecule has 5 heteroatoms. The summed E-state index contributed by atoms with van der Waals surface area (Å²) in [6.07, 6.45) is 3.37. The molecule has 2 rings (SSSR count). The van der Waals surface area contributed by atoms with E-state index in [1.807, 2.05) is 0 Å². The van der Waals surface area contributed by atoms with Crippen LogP contribution in [-0.4, -0.2) is 9.78 Å². The largest absolute Gasteiger partial charge is 0.396 e. The van der Waals surface area contributed by atoms with Crippen LogP contribution < -0.4 is 5.73 Å². The van der Waals surface area contributed by atoms with Crippen molar-refractivity contribution in [1.82, 2.24) is 9.78 Å². The molecule has 2 N–H and O–H groups in total. The molecule has 0 bridgehead atoms. The molecule has 0 saturated heterocycles. The zero-order valence-electron chi connectivity index (χ0n) is 7.22. The molecule has 14 heavy (non-hydrogen) atoms. The molecule has 0 aliphatic heterocycles. The Kier molecular flexibility index (Phi) is 3.09. The molecule has 0 aliphatic rings. The molecular formula is C9H9ClFN3. The van der Waals surface area contributed by atoms with Crippen molar-refractivity contribution in [2.75, 3.05) is 5.73 Å². The molecule has 0 aliphatic carbocycles. The van der Waals surface area contributed by atoms with Gasteiger partial charge < -0.3 is 5.73 Å². The SMILES string of the molecule is Cl.Nc1ccc(-n2cccn2)cc1F. The molecule has 3 nitrogen and oxygen atoms in total. The minimum absolute atomic E-state index is 0. The Hall–Kier alpha value is -1.55. The van der Waals surface area contributed by atoms with Gasteiger partial charge in [-0.2, -0.15) is 5.10 Å². The lowest BCUT2D eigenvalue weighted by molar-refractivity contribution is 0.630. The van der Waals surface area contributed by atoms with Gasteiger partial charge in [0.1, 0.15) is 5.82 Å². The van der Waals surface area contributed by atoms with Gasteiger partial charge in [-0.25, -0.2) is 9.07 Å². The molecular weight excluding hydrogens is 205 g/mol. The van der Waals surface area contributed by atoms with Gasteiger partial charge in [0.05, 0.1) is 11.4 Å². The summed E-state index contributed by atoms with van der Waals surface area (Å²) in [4.78, 5) is 0. The number of hydrogen-bond donors (Lipinski definition) is 1. The van der Waals surface area contributed by atoms with E-state index in [4.69, 9.17) is 5.73 Å². The molecule has 0 atom stereocenters. The number of nitrogen functional groups attached to an aromatic ring is 1. The second-order valence-electron chi connectivity index (χ2n) is 2.66. The second-order valence-corrected chi connectivity index (χ2v) is 2.66. The molecule has 0 saturated carbocycles. The monoisotopic (exact) mass is 213 g/mol. The van der Waals surface area contributed by atoms with Crippen LogP contribution >= 0.6 is 12.4 Å². The Morgan fingerprint density at radius 2 is 2.14 bits per heavy atom. The van der Waals surface area contributed by atoms with Crippen molar-refractivity contribution in [2.45, 2.75) is 0 Å². The zero-order chi connectivity index (χ0) is 9.26. The summed E-state index contributed by atoms with van der Waals surface area (Å²) < 4.78 is 14.6. The van der Waals surface area contributed by atoms with Gasteiger partial charge in [-0.1, -0.05) is 0 Å². The predicted molar refractivity (Wildman–Crippen MR) is 55.2 cm³/mol. The van der Waals surface area contributed by atoms with Crippen LogP contribution in [0.15, 0.2) is 36.7 Å². The summed E-state index contributed by atoms with van der Waals surface area (Å²) in [6.45, 7) is 0. The lowest BCUT2D eigenvalue weighted by atomic mass is 10.3. The number of anilines is 1. The second kappa shape index (κ2) is 4.11. The van der Waals surface area contributed by atoms with Crippen molar-refractivity contribution in [3.05, 3.63) is 42.5 Å². The first-order chi connectivity index (χ1) is 6.27. The molecule has 1 heterocycles. The van der Waals surface area contributed by atoms with Gasteiger partial charge in [-0.15, -0.1) is 12.4 Å². The quantitative estimate of drug-likeness (QED) is 0.737. The third-order valence-electron chi connectivity index (χ3n) is 1.75. The van der Waals surface area contributed by atoms with Crippen molar-refractivity contribution in [1.29, 1.82) is 0 Å². The molecule has 0 radical (unpaired) electrons. The van der Waals surface area contributed by atoms with Crippen LogP contribution in [0.1, 0.15) is 0 Å². The highest BCUT2D eigenvalue weighted by atomic mass is 35.5. The number of hydrogen-bond acceptors (Lipinski definition) is 2. The molecule has 0 amide bonds. The molecule has 0 unspecified atom stereocenters. The van der Waals surface area contributed by atoms with E-state index in [1.54, 1.807) is 29.2 Å². The zero-order valence-corrected chi connectivity index (χ0v) is 8.04. The van der Waals surface area contributed by atoms with E-state index in [0.717, 1.165) is 0 Å². The third-order valence-corrected chi connectivity index (χ3v) is 1.75. The first-order valence-corrected chi connectivity index (χ1v) is 3.82. The van der Waals surface area contributed by atoms with Crippen LogP contribution in [-0.2, 0) is 0 Å². The van der Waals surface area contributed by atoms with E-state index in [0.29, 0.717) is 5.69 Å². The first-order valence-electron chi connectivity index (χ1n) is 3.82. The van der Waals surface area contributed by atoms with Gasteiger partial charge >= 0.3 is 0 Å². The topological polar surface area (TPSA) is 43.8 Å². The van der Waals surface area contributed by atoms with Gasteiger partial charge in [-0.3, -0.25) is 0 Å². The third kappa shape index (κ3) is 1.85. The van der Waals surface area contributed by atoms with Gasteiger partial charge in [0.2, 0.25) is 0 Å². The van der Waals surface area contributed by atoms with E-state index in [2.05, 4.69) is 5.10 Å². The molecule has 0 fully saturated rings. The summed E-state index contributed by atoms with van der Waals surface area (Å²) in [6, 6.07) is 6.36. The number of benzene rings is 1. The predicted octanol–water partition coefficient (Wildman–Crippen LogP) is 2.02. The van der Waals surface area contributed by atoms with E-state index >= 15 is 0 Å². The van der Waals surface area contributed by atoms with Crippen molar-refractivity contribution < 1.29 is 4.39 Å². The fourth-order valence-electron chi connectivity index (χ4n) is 1.08. The minimum Gasteiger partial charge on any atom is -0.396 e. The number of nitrogens with zero attached hydrogens (tertiary/aromatic N) is 2.